The molecule has 1 atom stereocenters. The highest BCUT2D eigenvalue weighted by Crippen LogP contribution is 2.38. The van der Waals surface area contributed by atoms with E-state index in [2.05, 4.69) is 6.07 Å². The Morgan fingerprint density at radius 2 is 1.79 bits per heavy atom. The summed E-state index contributed by atoms with van der Waals surface area (Å²) in [6.07, 6.45) is 1.76. The van der Waals surface area contributed by atoms with Crippen LogP contribution in [0.2, 0.25) is 10.0 Å². The number of benzene rings is 2. The summed E-state index contributed by atoms with van der Waals surface area (Å²) in [5, 5.41) is 9.23. The molecule has 0 aliphatic heterocycles. The minimum atomic E-state index is 0.306. The summed E-state index contributed by atoms with van der Waals surface area (Å²) < 4.78 is 0. The molecule has 0 saturated carbocycles. The third-order valence-corrected chi connectivity index (χ3v) is 4.43. The molecule has 0 unspecified atom stereocenters. The summed E-state index contributed by atoms with van der Waals surface area (Å²) in [7, 11) is 0. The Labute approximate surface area is 122 Å². The first-order chi connectivity index (χ1) is 9.16. The minimum absolute atomic E-state index is 0.306. The molecule has 0 aromatic heterocycles. The first-order valence-corrected chi connectivity index (χ1v) is 7.04. The van der Waals surface area contributed by atoms with E-state index in [9.17, 15) is 0 Å². The Morgan fingerprint density at radius 1 is 1.00 bits per heavy atom. The van der Waals surface area contributed by atoms with Crippen LogP contribution in [0.5, 0.6) is 0 Å². The number of hydrogen-bond acceptors (Lipinski definition) is 1. The van der Waals surface area contributed by atoms with Gasteiger partial charge in [-0.1, -0.05) is 53.5 Å². The predicted octanol–water partition coefficient (Wildman–Crippen LogP) is 5.29. The maximum absolute atomic E-state index is 8.05. The van der Waals surface area contributed by atoms with E-state index in [4.69, 9.17) is 28.6 Å². The van der Waals surface area contributed by atoms with Crippen LogP contribution in [0.15, 0.2) is 42.5 Å². The first kappa shape index (κ1) is 12.7. The van der Waals surface area contributed by atoms with Gasteiger partial charge in [0.15, 0.2) is 0 Å². The van der Waals surface area contributed by atoms with E-state index in [0.717, 1.165) is 24.1 Å². The molecule has 2 aromatic rings. The zero-order chi connectivity index (χ0) is 13.4. The van der Waals surface area contributed by atoms with Gasteiger partial charge in [0.05, 0.1) is 10.0 Å². The Morgan fingerprint density at radius 3 is 2.58 bits per heavy atom. The second-order valence-corrected chi connectivity index (χ2v) is 5.65. The molecule has 0 fully saturated rings. The summed E-state index contributed by atoms with van der Waals surface area (Å²) in [6, 6.07) is 14.0. The lowest BCUT2D eigenvalue weighted by Crippen LogP contribution is -2.16. The van der Waals surface area contributed by atoms with Gasteiger partial charge in [0.1, 0.15) is 0 Å². The van der Waals surface area contributed by atoms with Crippen LogP contribution in [0, 0.1) is 5.41 Å². The van der Waals surface area contributed by atoms with Crippen molar-refractivity contribution in [1.29, 1.82) is 5.41 Å². The first-order valence-electron chi connectivity index (χ1n) is 6.28. The van der Waals surface area contributed by atoms with Crippen molar-refractivity contribution >= 4 is 28.9 Å². The number of halogens is 2. The third-order valence-electron chi connectivity index (χ3n) is 3.69. The minimum Gasteiger partial charge on any atom is -0.305 e. The van der Waals surface area contributed by atoms with Crippen molar-refractivity contribution in [3.8, 4) is 0 Å². The Hall–Kier alpha value is -1.31. The van der Waals surface area contributed by atoms with Crippen molar-refractivity contribution in [2.45, 2.75) is 18.8 Å². The molecule has 96 valence electrons. The van der Waals surface area contributed by atoms with Gasteiger partial charge in [0.2, 0.25) is 0 Å². The molecule has 0 spiro atoms. The van der Waals surface area contributed by atoms with Crippen LogP contribution >= 0.6 is 23.2 Å². The molecule has 1 N–H and O–H groups in total. The van der Waals surface area contributed by atoms with Crippen LogP contribution in [0.1, 0.15) is 35.4 Å². The van der Waals surface area contributed by atoms with Gasteiger partial charge in [0.25, 0.3) is 0 Å². The van der Waals surface area contributed by atoms with E-state index in [1.807, 2.05) is 36.4 Å². The topological polar surface area (TPSA) is 23.9 Å². The summed E-state index contributed by atoms with van der Waals surface area (Å²) in [4.78, 5) is 0. The van der Waals surface area contributed by atoms with Crippen LogP contribution in [-0.2, 0) is 0 Å². The Kier molecular flexibility index (Phi) is 3.34. The highest BCUT2D eigenvalue weighted by molar-refractivity contribution is 6.42. The molecule has 0 saturated heterocycles. The molecule has 3 heteroatoms. The number of nitrogens with one attached hydrogen (secondary N) is 1. The van der Waals surface area contributed by atoms with Gasteiger partial charge in [-0.2, -0.15) is 0 Å². The van der Waals surface area contributed by atoms with Gasteiger partial charge in [-0.25, -0.2) is 0 Å². The van der Waals surface area contributed by atoms with E-state index in [1.165, 1.54) is 11.1 Å². The molecular weight excluding hydrogens is 277 g/mol. The van der Waals surface area contributed by atoms with Crippen molar-refractivity contribution in [1.82, 2.24) is 0 Å². The molecule has 0 heterocycles. The maximum atomic E-state index is 8.05. The highest BCUT2D eigenvalue weighted by atomic mass is 35.5. The van der Waals surface area contributed by atoms with Gasteiger partial charge in [0, 0.05) is 11.6 Å². The average Bonchev–Trinajstić information content (AvgIpc) is 2.43. The lowest BCUT2D eigenvalue weighted by molar-refractivity contribution is 0.721. The predicted molar refractivity (Wildman–Crippen MR) is 80.8 cm³/mol. The lowest BCUT2D eigenvalue weighted by Gasteiger charge is -2.26. The maximum Gasteiger partial charge on any atom is 0.0595 e. The van der Waals surface area contributed by atoms with Gasteiger partial charge >= 0.3 is 0 Å². The Balaban J connectivity index is 2.09. The van der Waals surface area contributed by atoms with Crippen LogP contribution in [0.4, 0.5) is 0 Å². The van der Waals surface area contributed by atoms with Crippen molar-refractivity contribution in [3.05, 3.63) is 69.2 Å². The quantitative estimate of drug-likeness (QED) is 0.738. The SMILES string of the molecule is N=C1CC[C@@H](c2ccc(Cl)c(Cl)c2)c2ccccc21. The van der Waals surface area contributed by atoms with E-state index in [0.29, 0.717) is 16.0 Å². The van der Waals surface area contributed by atoms with Crippen molar-refractivity contribution in [2.24, 2.45) is 0 Å². The van der Waals surface area contributed by atoms with Crippen molar-refractivity contribution in [3.63, 3.8) is 0 Å². The van der Waals surface area contributed by atoms with Crippen LogP contribution in [0.3, 0.4) is 0 Å². The fourth-order valence-electron chi connectivity index (χ4n) is 2.73. The monoisotopic (exact) mass is 289 g/mol. The molecule has 0 amide bonds. The second kappa shape index (κ2) is 4.99. The van der Waals surface area contributed by atoms with E-state index in [-0.39, 0.29) is 0 Å². The third kappa shape index (κ3) is 2.29. The largest absolute Gasteiger partial charge is 0.305 e. The lowest BCUT2D eigenvalue weighted by atomic mass is 9.78. The second-order valence-electron chi connectivity index (χ2n) is 4.83. The van der Waals surface area contributed by atoms with Gasteiger partial charge < -0.3 is 5.41 Å². The summed E-state index contributed by atoms with van der Waals surface area (Å²) in [5.74, 6) is 0.306. The van der Waals surface area contributed by atoms with E-state index < -0.39 is 0 Å². The van der Waals surface area contributed by atoms with Gasteiger partial charge in [-0.3, -0.25) is 0 Å². The standard InChI is InChI=1S/C16H13Cl2N/c17-14-7-5-10(9-15(14)18)11-6-8-16(19)13-4-2-1-3-12(11)13/h1-5,7,9,11,19H,6,8H2/t11-/m0/s1. The molecule has 1 aliphatic carbocycles. The van der Waals surface area contributed by atoms with Crippen molar-refractivity contribution in [2.75, 3.05) is 0 Å². The molecular formula is C16H13Cl2N. The Bertz CT molecular complexity index is 649. The average molecular weight is 290 g/mol. The van der Waals surface area contributed by atoms with Crippen LogP contribution in [0.25, 0.3) is 0 Å². The van der Waals surface area contributed by atoms with E-state index in [1.54, 1.807) is 0 Å². The molecule has 1 nitrogen and oxygen atoms in total. The van der Waals surface area contributed by atoms with Gasteiger partial charge in [-0.15, -0.1) is 0 Å². The van der Waals surface area contributed by atoms with Crippen LogP contribution in [-0.4, -0.2) is 5.71 Å². The van der Waals surface area contributed by atoms with E-state index >= 15 is 0 Å². The molecule has 2 aromatic carbocycles. The summed E-state index contributed by atoms with van der Waals surface area (Å²) in [6.45, 7) is 0. The molecule has 0 radical (unpaired) electrons. The molecule has 1 aliphatic rings. The number of rotatable bonds is 1. The number of hydrogen-bond donors (Lipinski definition) is 1. The van der Waals surface area contributed by atoms with Gasteiger partial charge in [-0.05, 0) is 41.7 Å². The normalized spacial score (nSPS) is 18.2. The smallest absolute Gasteiger partial charge is 0.0595 e. The molecule has 3 rings (SSSR count). The zero-order valence-corrected chi connectivity index (χ0v) is 11.8. The zero-order valence-electron chi connectivity index (χ0n) is 10.3. The fourth-order valence-corrected chi connectivity index (χ4v) is 3.04. The molecule has 19 heavy (non-hydrogen) atoms. The van der Waals surface area contributed by atoms with Crippen LogP contribution < -0.4 is 0 Å². The summed E-state index contributed by atoms with van der Waals surface area (Å²) >= 11 is 12.1. The summed E-state index contributed by atoms with van der Waals surface area (Å²) in [5.41, 5.74) is 4.18. The highest BCUT2D eigenvalue weighted by Gasteiger charge is 2.24. The number of fused-ring (bicyclic) bond motifs is 1. The van der Waals surface area contributed by atoms with Crippen molar-refractivity contribution < 1.29 is 0 Å². The molecule has 0 bridgehead atoms. The fraction of sp³-hybridized carbons (Fsp3) is 0.188.